The summed E-state index contributed by atoms with van der Waals surface area (Å²) in [5.74, 6) is 0.758. The number of nitrogens with two attached hydrogens (primary N) is 1. The fraction of sp³-hybridized carbons (Fsp3) is 0.571. The maximum atomic E-state index is 5.85. The largest absolute Gasteiger partial charge is 0.368 e. The van der Waals surface area contributed by atoms with Gasteiger partial charge in [-0.25, -0.2) is 0 Å². The molecule has 1 heterocycles. The van der Waals surface area contributed by atoms with Crippen molar-refractivity contribution in [2.75, 3.05) is 11.4 Å². The van der Waals surface area contributed by atoms with Gasteiger partial charge in [-0.2, -0.15) is 0 Å². The lowest BCUT2D eigenvalue weighted by Crippen LogP contribution is -2.43. The van der Waals surface area contributed by atoms with Crippen LogP contribution in [-0.2, 0) is 6.54 Å². The van der Waals surface area contributed by atoms with E-state index in [0.29, 0.717) is 12.6 Å². The first-order valence-corrected chi connectivity index (χ1v) is 7.18. The summed E-state index contributed by atoms with van der Waals surface area (Å²) < 4.78 is 1.13. The van der Waals surface area contributed by atoms with E-state index >= 15 is 0 Å². The van der Waals surface area contributed by atoms with E-state index in [0.717, 1.165) is 16.9 Å². The second-order valence-electron chi connectivity index (χ2n) is 5.03. The van der Waals surface area contributed by atoms with Crippen LogP contribution in [0.15, 0.2) is 22.7 Å². The van der Waals surface area contributed by atoms with Gasteiger partial charge in [0.1, 0.15) is 0 Å². The molecule has 1 aromatic rings. The third-order valence-corrected chi connectivity index (χ3v) is 4.44. The van der Waals surface area contributed by atoms with E-state index in [4.69, 9.17) is 5.73 Å². The van der Waals surface area contributed by atoms with Gasteiger partial charge in [0.25, 0.3) is 0 Å². The molecule has 0 aliphatic carbocycles. The third-order valence-electron chi connectivity index (χ3n) is 3.95. The van der Waals surface area contributed by atoms with Crippen LogP contribution in [0.3, 0.4) is 0 Å². The summed E-state index contributed by atoms with van der Waals surface area (Å²) in [6.45, 7) is 6.43. The minimum Gasteiger partial charge on any atom is -0.368 e. The number of hydrogen-bond acceptors (Lipinski definition) is 2. The van der Waals surface area contributed by atoms with Gasteiger partial charge in [-0.3, -0.25) is 0 Å². The van der Waals surface area contributed by atoms with Crippen molar-refractivity contribution < 1.29 is 0 Å². The summed E-state index contributed by atoms with van der Waals surface area (Å²) in [4.78, 5) is 2.51. The molecule has 94 valence electrons. The van der Waals surface area contributed by atoms with Crippen molar-refractivity contribution in [1.29, 1.82) is 0 Å². The van der Waals surface area contributed by atoms with Gasteiger partial charge in [0.15, 0.2) is 0 Å². The molecule has 0 aromatic heterocycles. The molecular formula is C14H21BrN2. The number of rotatable bonds is 2. The van der Waals surface area contributed by atoms with Crippen molar-refractivity contribution in [1.82, 2.24) is 0 Å². The summed E-state index contributed by atoms with van der Waals surface area (Å²) in [5, 5.41) is 0. The zero-order chi connectivity index (χ0) is 12.4. The van der Waals surface area contributed by atoms with E-state index in [1.165, 1.54) is 24.1 Å². The fourth-order valence-electron chi connectivity index (χ4n) is 2.65. The first kappa shape index (κ1) is 12.9. The van der Waals surface area contributed by atoms with E-state index in [1.54, 1.807) is 0 Å². The maximum Gasteiger partial charge on any atom is 0.0425 e. The minimum absolute atomic E-state index is 0.600. The van der Waals surface area contributed by atoms with E-state index in [2.05, 4.69) is 52.9 Å². The lowest BCUT2D eigenvalue weighted by Gasteiger charge is -2.40. The molecule has 1 aromatic carbocycles. The predicted octanol–water partition coefficient (Wildman–Crippen LogP) is 3.53. The highest BCUT2D eigenvalue weighted by atomic mass is 79.9. The van der Waals surface area contributed by atoms with Gasteiger partial charge < -0.3 is 10.6 Å². The van der Waals surface area contributed by atoms with Gasteiger partial charge in [-0.05, 0) is 43.4 Å². The average Bonchev–Trinajstić information content (AvgIpc) is 2.33. The molecule has 1 saturated heterocycles. The quantitative estimate of drug-likeness (QED) is 0.905. The number of benzene rings is 1. The highest BCUT2D eigenvalue weighted by molar-refractivity contribution is 9.10. The molecule has 2 N–H and O–H groups in total. The van der Waals surface area contributed by atoms with Crippen LogP contribution in [0.2, 0.25) is 0 Å². The standard InChI is InChI=1S/C14H21BrN2/c1-10-4-3-7-17(11(10)2)14-8-13(15)6-5-12(14)9-16/h5-6,8,10-11H,3-4,7,9,16H2,1-2H3. The summed E-state index contributed by atoms with van der Waals surface area (Å²) in [6, 6.07) is 7.01. The first-order chi connectivity index (χ1) is 8.13. The number of nitrogens with zero attached hydrogens (tertiary/aromatic N) is 1. The summed E-state index contributed by atoms with van der Waals surface area (Å²) in [5.41, 5.74) is 8.40. The van der Waals surface area contributed by atoms with E-state index in [9.17, 15) is 0 Å². The highest BCUT2D eigenvalue weighted by Crippen LogP contribution is 2.32. The van der Waals surface area contributed by atoms with Gasteiger partial charge in [0, 0.05) is 29.3 Å². The molecule has 3 heteroatoms. The summed E-state index contributed by atoms with van der Waals surface area (Å²) in [6.07, 6.45) is 2.62. The van der Waals surface area contributed by atoms with Crippen LogP contribution in [-0.4, -0.2) is 12.6 Å². The monoisotopic (exact) mass is 296 g/mol. The van der Waals surface area contributed by atoms with Crippen molar-refractivity contribution in [3.63, 3.8) is 0 Å². The first-order valence-electron chi connectivity index (χ1n) is 6.38. The molecule has 0 spiro atoms. The molecule has 0 saturated carbocycles. The van der Waals surface area contributed by atoms with Crippen LogP contribution in [0.5, 0.6) is 0 Å². The number of halogens is 1. The lowest BCUT2D eigenvalue weighted by atomic mass is 9.91. The van der Waals surface area contributed by atoms with Crippen LogP contribution in [0, 0.1) is 5.92 Å². The van der Waals surface area contributed by atoms with Gasteiger partial charge in [0.05, 0.1) is 0 Å². The van der Waals surface area contributed by atoms with E-state index < -0.39 is 0 Å². The van der Waals surface area contributed by atoms with Gasteiger partial charge in [0.2, 0.25) is 0 Å². The SMILES string of the molecule is CC1CCCN(c2cc(Br)ccc2CN)C1C. The maximum absolute atomic E-state index is 5.85. The molecule has 0 bridgehead atoms. The Balaban J connectivity index is 2.34. The Labute approximate surface area is 112 Å². The van der Waals surface area contributed by atoms with Crippen LogP contribution >= 0.6 is 15.9 Å². The molecule has 1 aliphatic rings. The van der Waals surface area contributed by atoms with Crippen LogP contribution in [0.4, 0.5) is 5.69 Å². The second-order valence-corrected chi connectivity index (χ2v) is 5.95. The fourth-order valence-corrected chi connectivity index (χ4v) is 3.00. The van der Waals surface area contributed by atoms with Crippen molar-refractivity contribution in [2.45, 2.75) is 39.3 Å². The van der Waals surface area contributed by atoms with Crippen molar-refractivity contribution in [3.8, 4) is 0 Å². The molecule has 17 heavy (non-hydrogen) atoms. The topological polar surface area (TPSA) is 29.3 Å². The molecular weight excluding hydrogens is 276 g/mol. The molecule has 2 rings (SSSR count). The Kier molecular flexibility index (Phi) is 4.10. The zero-order valence-corrected chi connectivity index (χ0v) is 12.2. The highest BCUT2D eigenvalue weighted by Gasteiger charge is 2.26. The van der Waals surface area contributed by atoms with Crippen LogP contribution in [0.1, 0.15) is 32.3 Å². The third kappa shape index (κ3) is 2.66. The Hall–Kier alpha value is -0.540. The van der Waals surface area contributed by atoms with Crippen molar-refractivity contribution in [3.05, 3.63) is 28.2 Å². The summed E-state index contributed by atoms with van der Waals surface area (Å²) in [7, 11) is 0. The molecule has 0 amide bonds. The smallest absolute Gasteiger partial charge is 0.0425 e. The van der Waals surface area contributed by atoms with Gasteiger partial charge in [-0.1, -0.05) is 28.9 Å². The van der Waals surface area contributed by atoms with Crippen molar-refractivity contribution >= 4 is 21.6 Å². The molecule has 2 atom stereocenters. The predicted molar refractivity (Wildman–Crippen MR) is 77.2 cm³/mol. The molecule has 1 fully saturated rings. The zero-order valence-electron chi connectivity index (χ0n) is 10.6. The average molecular weight is 297 g/mol. The molecule has 2 nitrogen and oxygen atoms in total. The normalized spacial score (nSPS) is 25.1. The van der Waals surface area contributed by atoms with Gasteiger partial charge >= 0.3 is 0 Å². The lowest BCUT2D eigenvalue weighted by molar-refractivity contribution is 0.363. The Morgan fingerprint density at radius 2 is 2.18 bits per heavy atom. The Morgan fingerprint density at radius 3 is 2.88 bits per heavy atom. The van der Waals surface area contributed by atoms with E-state index in [1.807, 2.05) is 0 Å². The number of hydrogen-bond donors (Lipinski definition) is 1. The van der Waals surface area contributed by atoms with Crippen LogP contribution < -0.4 is 10.6 Å². The van der Waals surface area contributed by atoms with Crippen LogP contribution in [0.25, 0.3) is 0 Å². The van der Waals surface area contributed by atoms with Crippen molar-refractivity contribution in [2.24, 2.45) is 11.7 Å². The number of anilines is 1. The molecule has 2 unspecified atom stereocenters. The Bertz CT molecular complexity index is 392. The number of piperidine rings is 1. The Morgan fingerprint density at radius 1 is 1.41 bits per heavy atom. The second kappa shape index (κ2) is 5.40. The van der Waals surface area contributed by atoms with E-state index in [-0.39, 0.29) is 0 Å². The molecule has 1 aliphatic heterocycles. The minimum atomic E-state index is 0.600. The summed E-state index contributed by atoms with van der Waals surface area (Å²) >= 11 is 3.56. The van der Waals surface area contributed by atoms with Gasteiger partial charge in [-0.15, -0.1) is 0 Å². The molecule has 0 radical (unpaired) electrons.